The number of nitrogens with one attached hydrogen (secondary N) is 1. The van der Waals surface area contributed by atoms with Gasteiger partial charge in [-0.25, -0.2) is 8.78 Å². The van der Waals surface area contributed by atoms with Crippen LogP contribution in [0.5, 0.6) is 0 Å². The molecule has 0 aliphatic rings. The van der Waals surface area contributed by atoms with Gasteiger partial charge in [-0.2, -0.15) is 0 Å². The van der Waals surface area contributed by atoms with Crippen molar-refractivity contribution in [3.05, 3.63) is 69.2 Å². The first kappa shape index (κ1) is 15.1. The van der Waals surface area contributed by atoms with Crippen LogP contribution < -0.4 is 5.32 Å². The maximum Gasteiger partial charge on any atom is 0.144 e. The summed E-state index contributed by atoms with van der Waals surface area (Å²) in [5.74, 6) is -1.08. The van der Waals surface area contributed by atoms with E-state index < -0.39 is 11.6 Å². The fourth-order valence-corrected chi connectivity index (χ4v) is 2.33. The molecule has 4 heteroatoms. The van der Waals surface area contributed by atoms with Crippen molar-refractivity contribution in [2.45, 2.75) is 26.4 Å². The summed E-state index contributed by atoms with van der Waals surface area (Å²) in [7, 11) is 0. The smallest absolute Gasteiger partial charge is 0.144 e. The lowest BCUT2D eigenvalue weighted by molar-refractivity contribution is 0.506. The molecule has 0 amide bonds. The van der Waals surface area contributed by atoms with Gasteiger partial charge in [0, 0.05) is 18.2 Å². The van der Waals surface area contributed by atoms with Gasteiger partial charge >= 0.3 is 0 Å². The molecule has 0 heterocycles. The Morgan fingerprint density at radius 2 is 1.75 bits per heavy atom. The Labute approximate surface area is 126 Å². The van der Waals surface area contributed by atoms with Crippen molar-refractivity contribution in [1.82, 2.24) is 5.32 Å². The van der Waals surface area contributed by atoms with Crippen molar-refractivity contribution in [1.29, 1.82) is 0 Å². The summed E-state index contributed by atoms with van der Waals surface area (Å²) in [6.45, 7) is 4.14. The summed E-state index contributed by atoms with van der Waals surface area (Å²) in [4.78, 5) is 0. The zero-order valence-corrected chi connectivity index (χ0v) is 13.0. The SMILES string of the molecule is Cc1ccc([C@H](C)NCc2c(F)ccc(Br)c2F)cc1. The second kappa shape index (κ2) is 6.46. The first-order valence-electron chi connectivity index (χ1n) is 6.41. The first-order valence-corrected chi connectivity index (χ1v) is 7.20. The molecule has 20 heavy (non-hydrogen) atoms. The fraction of sp³-hybridized carbons (Fsp3) is 0.250. The predicted molar refractivity (Wildman–Crippen MR) is 80.5 cm³/mol. The van der Waals surface area contributed by atoms with Gasteiger partial charge in [-0.05, 0) is 47.5 Å². The average Bonchev–Trinajstić information content (AvgIpc) is 2.43. The van der Waals surface area contributed by atoms with Crippen LogP contribution in [0.1, 0.15) is 29.7 Å². The van der Waals surface area contributed by atoms with E-state index >= 15 is 0 Å². The Balaban J connectivity index is 2.09. The Morgan fingerprint density at radius 1 is 1.10 bits per heavy atom. The molecule has 2 aromatic carbocycles. The number of rotatable bonds is 4. The van der Waals surface area contributed by atoms with Gasteiger partial charge in [-0.3, -0.25) is 0 Å². The third-order valence-corrected chi connectivity index (χ3v) is 3.91. The van der Waals surface area contributed by atoms with Gasteiger partial charge in [-0.1, -0.05) is 29.8 Å². The van der Waals surface area contributed by atoms with Crippen molar-refractivity contribution < 1.29 is 8.78 Å². The maximum absolute atomic E-state index is 13.8. The summed E-state index contributed by atoms with van der Waals surface area (Å²) >= 11 is 3.07. The van der Waals surface area contributed by atoms with Gasteiger partial charge in [0.05, 0.1) is 4.47 Å². The minimum absolute atomic E-state index is 0.0216. The Hall–Kier alpha value is -1.26. The van der Waals surface area contributed by atoms with Crippen LogP contribution in [0.3, 0.4) is 0 Å². The highest BCUT2D eigenvalue weighted by atomic mass is 79.9. The van der Waals surface area contributed by atoms with Crippen molar-refractivity contribution in [2.24, 2.45) is 0 Å². The Bertz CT molecular complexity index is 596. The molecule has 0 fully saturated rings. The lowest BCUT2D eigenvalue weighted by Gasteiger charge is -2.15. The van der Waals surface area contributed by atoms with E-state index in [0.29, 0.717) is 0 Å². The quantitative estimate of drug-likeness (QED) is 0.782. The topological polar surface area (TPSA) is 12.0 Å². The highest BCUT2D eigenvalue weighted by Gasteiger charge is 2.13. The molecule has 1 N–H and O–H groups in total. The molecule has 2 rings (SSSR count). The fourth-order valence-electron chi connectivity index (χ4n) is 1.96. The second-order valence-electron chi connectivity index (χ2n) is 4.84. The molecule has 2 aromatic rings. The molecule has 0 bridgehead atoms. The van der Waals surface area contributed by atoms with Crippen LogP contribution in [-0.2, 0) is 6.54 Å². The van der Waals surface area contributed by atoms with Crippen molar-refractivity contribution in [3.8, 4) is 0 Å². The predicted octanol–water partition coefficient (Wildman–Crippen LogP) is 4.89. The largest absolute Gasteiger partial charge is 0.306 e. The van der Waals surface area contributed by atoms with Crippen LogP contribution in [0.4, 0.5) is 8.78 Å². The van der Waals surface area contributed by atoms with Crippen LogP contribution in [0.25, 0.3) is 0 Å². The Morgan fingerprint density at radius 3 is 2.40 bits per heavy atom. The second-order valence-corrected chi connectivity index (χ2v) is 5.69. The van der Waals surface area contributed by atoms with E-state index in [4.69, 9.17) is 0 Å². The molecule has 1 atom stereocenters. The monoisotopic (exact) mass is 339 g/mol. The van der Waals surface area contributed by atoms with Gasteiger partial charge in [0.2, 0.25) is 0 Å². The molecule has 0 unspecified atom stereocenters. The zero-order valence-electron chi connectivity index (χ0n) is 11.4. The first-order chi connectivity index (χ1) is 9.49. The molecule has 0 saturated heterocycles. The van der Waals surface area contributed by atoms with Crippen LogP contribution in [0, 0.1) is 18.6 Å². The van der Waals surface area contributed by atoms with Gasteiger partial charge in [-0.15, -0.1) is 0 Å². The van der Waals surface area contributed by atoms with E-state index in [9.17, 15) is 8.78 Å². The number of halogens is 3. The van der Waals surface area contributed by atoms with Crippen molar-refractivity contribution in [2.75, 3.05) is 0 Å². The molecular formula is C16H16BrF2N. The van der Waals surface area contributed by atoms with Gasteiger partial charge in [0.25, 0.3) is 0 Å². The highest BCUT2D eigenvalue weighted by Crippen LogP contribution is 2.22. The minimum Gasteiger partial charge on any atom is -0.306 e. The molecule has 0 saturated carbocycles. The third kappa shape index (κ3) is 3.44. The van der Waals surface area contributed by atoms with Gasteiger partial charge in [0.15, 0.2) is 0 Å². The summed E-state index contributed by atoms with van der Waals surface area (Å²) in [6.07, 6.45) is 0. The van der Waals surface area contributed by atoms with Crippen molar-refractivity contribution >= 4 is 15.9 Å². The summed E-state index contributed by atoms with van der Waals surface area (Å²) in [6, 6.07) is 10.7. The average molecular weight is 340 g/mol. The summed E-state index contributed by atoms with van der Waals surface area (Å²) in [5, 5.41) is 3.14. The highest BCUT2D eigenvalue weighted by molar-refractivity contribution is 9.10. The molecule has 0 spiro atoms. The van der Waals surface area contributed by atoms with Crippen LogP contribution in [0.15, 0.2) is 40.9 Å². The third-order valence-electron chi connectivity index (χ3n) is 3.30. The molecule has 0 radical (unpaired) electrons. The van der Waals surface area contributed by atoms with Crippen LogP contribution in [0.2, 0.25) is 0 Å². The lowest BCUT2D eigenvalue weighted by atomic mass is 10.1. The van der Waals surface area contributed by atoms with Crippen LogP contribution in [-0.4, -0.2) is 0 Å². The van der Waals surface area contributed by atoms with E-state index in [1.165, 1.54) is 17.7 Å². The minimum atomic E-state index is -0.548. The van der Waals surface area contributed by atoms with Gasteiger partial charge < -0.3 is 5.32 Å². The standard InChI is InChI=1S/C16H16BrF2N/c1-10-3-5-12(6-4-10)11(2)20-9-13-15(18)8-7-14(17)16(13)19/h3-8,11,20H,9H2,1-2H3/t11-/m0/s1. The molecule has 0 aliphatic carbocycles. The van der Waals surface area contributed by atoms with E-state index in [1.54, 1.807) is 0 Å². The maximum atomic E-state index is 13.8. The van der Waals surface area contributed by atoms with E-state index in [0.717, 1.165) is 5.56 Å². The van der Waals surface area contributed by atoms with E-state index in [-0.39, 0.29) is 22.6 Å². The number of benzene rings is 2. The van der Waals surface area contributed by atoms with E-state index in [2.05, 4.69) is 21.2 Å². The number of hydrogen-bond acceptors (Lipinski definition) is 1. The number of hydrogen-bond donors (Lipinski definition) is 1. The molecule has 106 valence electrons. The van der Waals surface area contributed by atoms with Gasteiger partial charge in [0.1, 0.15) is 11.6 Å². The summed E-state index contributed by atoms with van der Waals surface area (Å²) < 4.78 is 27.8. The lowest BCUT2D eigenvalue weighted by Crippen LogP contribution is -2.19. The van der Waals surface area contributed by atoms with E-state index in [1.807, 2.05) is 38.1 Å². The zero-order chi connectivity index (χ0) is 14.7. The Kier molecular flexibility index (Phi) is 4.89. The molecule has 1 nitrogen and oxygen atoms in total. The van der Waals surface area contributed by atoms with Crippen molar-refractivity contribution in [3.63, 3.8) is 0 Å². The molecule has 0 aliphatic heterocycles. The number of aryl methyl sites for hydroxylation is 1. The molecular weight excluding hydrogens is 324 g/mol. The summed E-state index contributed by atoms with van der Waals surface area (Å²) in [5.41, 5.74) is 2.33. The normalized spacial score (nSPS) is 12.4. The van der Waals surface area contributed by atoms with Crippen LogP contribution >= 0.6 is 15.9 Å². The molecule has 0 aromatic heterocycles.